The van der Waals surface area contributed by atoms with Gasteiger partial charge in [0.25, 0.3) is 0 Å². The third kappa shape index (κ3) is 3.05. The number of ether oxygens (including phenoxy) is 2. The molecule has 0 aromatic heterocycles. The van der Waals surface area contributed by atoms with E-state index in [-0.39, 0.29) is 6.29 Å². The number of piperidine rings is 1. The van der Waals surface area contributed by atoms with Gasteiger partial charge in [-0.3, -0.25) is 0 Å². The molecule has 0 amide bonds. The van der Waals surface area contributed by atoms with Crippen LogP contribution in [0, 0.1) is 0 Å². The third-order valence-electron chi connectivity index (χ3n) is 4.47. The second-order valence-electron chi connectivity index (χ2n) is 5.73. The summed E-state index contributed by atoms with van der Waals surface area (Å²) in [5.74, 6) is 0. The van der Waals surface area contributed by atoms with Crippen molar-refractivity contribution in [2.24, 2.45) is 0 Å². The van der Waals surface area contributed by atoms with Crippen molar-refractivity contribution in [1.82, 2.24) is 4.90 Å². The van der Waals surface area contributed by atoms with Gasteiger partial charge >= 0.3 is 0 Å². The fourth-order valence-electron chi connectivity index (χ4n) is 3.56. The highest BCUT2D eigenvalue weighted by atomic mass is 16.7. The van der Waals surface area contributed by atoms with Crippen LogP contribution in [0.15, 0.2) is 0 Å². The lowest BCUT2D eigenvalue weighted by Crippen LogP contribution is -2.51. The predicted octanol–water partition coefficient (Wildman–Crippen LogP) is 1.76. The Labute approximate surface area is 110 Å². The summed E-state index contributed by atoms with van der Waals surface area (Å²) in [4.78, 5) is 2.44. The normalized spacial score (nSPS) is 36.5. The van der Waals surface area contributed by atoms with E-state index in [0.717, 1.165) is 12.8 Å². The first-order valence-electron chi connectivity index (χ1n) is 7.25. The average Bonchev–Trinajstić information content (AvgIpc) is 2.54. The maximum atomic E-state index is 10.8. The van der Waals surface area contributed by atoms with Crippen LogP contribution in [0.1, 0.15) is 46.0 Å². The Morgan fingerprint density at radius 2 is 1.67 bits per heavy atom. The molecule has 1 N–H and O–H groups in total. The Bertz CT molecular complexity index is 252. The van der Waals surface area contributed by atoms with Gasteiger partial charge in [0.2, 0.25) is 0 Å². The molecule has 0 aromatic rings. The topological polar surface area (TPSA) is 41.9 Å². The van der Waals surface area contributed by atoms with Crippen LogP contribution in [-0.2, 0) is 9.47 Å². The minimum atomic E-state index is -0.604. The van der Waals surface area contributed by atoms with Crippen LogP contribution < -0.4 is 0 Å². The molecule has 0 saturated carbocycles. The quantitative estimate of drug-likeness (QED) is 0.736. The lowest BCUT2D eigenvalue weighted by molar-refractivity contribution is -0.180. The molecule has 2 bridgehead atoms. The molecule has 2 heterocycles. The zero-order valence-corrected chi connectivity index (χ0v) is 11.9. The molecule has 0 aliphatic carbocycles. The Hall–Kier alpha value is -0.160. The van der Waals surface area contributed by atoms with E-state index >= 15 is 0 Å². The molecule has 2 unspecified atom stereocenters. The van der Waals surface area contributed by atoms with E-state index in [4.69, 9.17) is 9.47 Å². The molecular weight excluding hydrogens is 230 g/mol. The van der Waals surface area contributed by atoms with Gasteiger partial charge in [0.15, 0.2) is 6.29 Å². The van der Waals surface area contributed by atoms with Gasteiger partial charge in [-0.15, -0.1) is 0 Å². The molecule has 2 aliphatic heterocycles. The molecular formula is C14H27NO3. The van der Waals surface area contributed by atoms with Crippen molar-refractivity contribution in [2.45, 2.75) is 69.9 Å². The average molecular weight is 257 g/mol. The summed E-state index contributed by atoms with van der Waals surface area (Å²) in [5.41, 5.74) is -0.604. The first-order valence-corrected chi connectivity index (χ1v) is 7.25. The minimum Gasteiger partial charge on any atom is -0.390 e. The van der Waals surface area contributed by atoms with E-state index in [0.29, 0.717) is 31.7 Å². The molecule has 0 aromatic carbocycles. The van der Waals surface area contributed by atoms with Crippen molar-refractivity contribution in [2.75, 3.05) is 20.3 Å². The summed E-state index contributed by atoms with van der Waals surface area (Å²) < 4.78 is 11.1. The highest BCUT2D eigenvalue weighted by molar-refractivity contribution is 5.01. The molecule has 2 saturated heterocycles. The van der Waals surface area contributed by atoms with Gasteiger partial charge < -0.3 is 19.5 Å². The molecule has 2 atom stereocenters. The number of aliphatic hydroxyl groups is 1. The van der Waals surface area contributed by atoms with Crippen LogP contribution in [0.4, 0.5) is 0 Å². The molecule has 2 aliphatic rings. The van der Waals surface area contributed by atoms with Crippen LogP contribution in [0.2, 0.25) is 0 Å². The van der Waals surface area contributed by atoms with Gasteiger partial charge in [0.1, 0.15) is 0 Å². The molecule has 18 heavy (non-hydrogen) atoms. The zero-order valence-electron chi connectivity index (χ0n) is 11.9. The van der Waals surface area contributed by atoms with Crippen LogP contribution in [0.25, 0.3) is 0 Å². The van der Waals surface area contributed by atoms with E-state index < -0.39 is 5.60 Å². The first-order chi connectivity index (χ1) is 8.58. The summed E-state index contributed by atoms with van der Waals surface area (Å²) in [5, 5.41) is 10.8. The van der Waals surface area contributed by atoms with Crippen molar-refractivity contribution in [3.63, 3.8) is 0 Å². The van der Waals surface area contributed by atoms with Crippen molar-refractivity contribution < 1.29 is 14.6 Å². The minimum absolute atomic E-state index is 0.257. The van der Waals surface area contributed by atoms with E-state index in [1.165, 1.54) is 12.8 Å². The molecule has 0 radical (unpaired) electrons. The van der Waals surface area contributed by atoms with Crippen LogP contribution in [0.5, 0.6) is 0 Å². The number of rotatable bonds is 6. The predicted molar refractivity (Wildman–Crippen MR) is 70.4 cm³/mol. The Morgan fingerprint density at radius 1 is 1.17 bits per heavy atom. The smallest absolute Gasteiger partial charge is 0.160 e. The SMILES string of the molecule is CCOC(CC1(O)CC2CCC(C1)N2C)OCC. The van der Waals surface area contributed by atoms with Gasteiger partial charge in [0.05, 0.1) is 5.60 Å². The lowest BCUT2D eigenvalue weighted by atomic mass is 9.83. The van der Waals surface area contributed by atoms with Gasteiger partial charge in [-0.2, -0.15) is 0 Å². The third-order valence-corrected chi connectivity index (χ3v) is 4.47. The summed E-state index contributed by atoms with van der Waals surface area (Å²) in [6.45, 7) is 5.20. The lowest BCUT2D eigenvalue weighted by Gasteiger charge is -2.43. The standard InChI is InChI=1S/C14H27NO3/c1-4-17-13(18-5-2)10-14(16)8-11-6-7-12(9-14)15(11)3/h11-13,16H,4-10H2,1-3H3. The van der Waals surface area contributed by atoms with Gasteiger partial charge in [-0.05, 0) is 46.6 Å². The number of nitrogens with zero attached hydrogens (tertiary/aromatic N) is 1. The van der Waals surface area contributed by atoms with Crippen molar-refractivity contribution in [1.29, 1.82) is 0 Å². The van der Waals surface area contributed by atoms with E-state index in [1.54, 1.807) is 0 Å². The zero-order chi connectivity index (χ0) is 13.2. The second kappa shape index (κ2) is 5.87. The van der Waals surface area contributed by atoms with Gasteiger partial charge in [-0.1, -0.05) is 0 Å². The van der Waals surface area contributed by atoms with Gasteiger partial charge in [0, 0.05) is 31.7 Å². The molecule has 2 fully saturated rings. The van der Waals surface area contributed by atoms with Gasteiger partial charge in [-0.25, -0.2) is 0 Å². The highest BCUT2D eigenvalue weighted by Crippen LogP contribution is 2.42. The number of hydrogen-bond donors (Lipinski definition) is 1. The largest absolute Gasteiger partial charge is 0.390 e. The summed E-state index contributed by atoms with van der Waals surface area (Å²) in [7, 11) is 2.19. The van der Waals surface area contributed by atoms with Crippen LogP contribution in [0.3, 0.4) is 0 Å². The van der Waals surface area contributed by atoms with Crippen molar-refractivity contribution in [3.8, 4) is 0 Å². The fourth-order valence-corrected chi connectivity index (χ4v) is 3.56. The molecule has 2 rings (SSSR count). The highest BCUT2D eigenvalue weighted by Gasteiger charge is 2.46. The van der Waals surface area contributed by atoms with Crippen LogP contribution in [-0.4, -0.2) is 54.2 Å². The fraction of sp³-hybridized carbons (Fsp3) is 1.00. The van der Waals surface area contributed by atoms with E-state index in [1.807, 2.05) is 13.8 Å². The first kappa shape index (κ1) is 14.3. The molecule has 0 spiro atoms. The summed E-state index contributed by atoms with van der Waals surface area (Å²) in [6.07, 6.45) is 4.50. The monoisotopic (exact) mass is 257 g/mol. The maximum absolute atomic E-state index is 10.8. The summed E-state index contributed by atoms with van der Waals surface area (Å²) >= 11 is 0. The molecule has 4 nitrogen and oxygen atoms in total. The molecule has 106 valence electrons. The molecule has 4 heteroatoms. The Balaban J connectivity index is 1.95. The Kier molecular flexibility index (Phi) is 4.64. The van der Waals surface area contributed by atoms with Crippen LogP contribution >= 0.6 is 0 Å². The van der Waals surface area contributed by atoms with E-state index in [9.17, 15) is 5.11 Å². The van der Waals surface area contributed by atoms with Crippen molar-refractivity contribution >= 4 is 0 Å². The number of fused-ring (bicyclic) bond motifs is 2. The summed E-state index contributed by atoms with van der Waals surface area (Å²) in [6, 6.07) is 1.08. The number of hydrogen-bond acceptors (Lipinski definition) is 4. The van der Waals surface area contributed by atoms with E-state index in [2.05, 4.69) is 11.9 Å². The maximum Gasteiger partial charge on any atom is 0.160 e. The second-order valence-corrected chi connectivity index (χ2v) is 5.73. The Morgan fingerprint density at radius 3 is 2.11 bits per heavy atom. The van der Waals surface area contributed by atoms with Crippen molar-refractivity contribution in [3.05, 3.63) is 0 Å².